The summed E-state index contributed by atoms with van der Waals surface area (Å²) in [6, 6.07) is 13.8. The Kier molecular flexibility index (Phi) is 3.78. The summed E-state index contributed by atoms with van der Waals surface area (Å²) in [5.74, 6) is -0.723. The van der Waals surface area contributed by atoms with Crippen molar-refractivity contribution in [3.63, 3.8) is 0 Å². The first-order valence-electron chi connectivity index (χ1n) is 6.87. The zero-order valence-electron chi connectivity index (χ0n) is 12.0. The molecule has 1 amide bonds. The lowest BCUT2D eigenvalue weighted by Gasteiger charge is -2.05. The molecule has 3 rings (SSSR count). The van der Waals surface area contributed by atoms with Crippen LogP contribution in [0.15, 0.2) is 54.7 Å². The minimum atomic E-state index is -0.449. The van der Waals surface area contributed by atoms with Gasteiger partial charge in [-0.05, 0) is 23.8 Å². The van der Waals surface area contributed by atoms with E-state index in [2.05, 4.69) is 5.32 Å². The van der Waals surface area contributed by atoms with Gasteiger partial charge in [-0.2, -0.15) is 4.73 Å². The van der Waals surface area contributed by atoms with Crippen molar-refractivity contribution in [1.82, 2.24) is 4.73 Å². The van der Waals surface area contributed by atoms with Crippen LogP contribution in [0.4, 0.5) is 10.1 Å². The van der Waals surface area contributed by atoms with Gasteiger partial charge in [0.15, 0.2) is 0 Å². The standard InChI is InChI=1S/C17H15FN2O2/c1-22-20-11-12(13-6-2-5-9-16(13)20)10-17(21)19-15-8-4-3-7-14(15)18/h2-9,11H,10H2,1H3,(H,19,21). The van der Waals surface area contributed by atoms with Crippen LogP contribution in [-0.2, 0) is 11.2 Å². The third kappa shape index (κ3) is 2.65. The van der Waals surface area contributed by atoms with Gasteiger partial charge in [-0.25, -0.2) is 4.39 Å². The van der Waals surface area contributed by atoms with Gasteiger partial charge in [-0.15, -0.1) is 0 Å². The van der Waals surface area contributed by atoms with E-state index < -0.39 is 5.82 Å². The number of benzene rings is 2. The van der Waals surface area contributed by atoms with Gasteiger partial charge in [0.25, 0.3) is 0 Å². The number of para-hydroxylation sites is 2. The van der Waals surface area contributed by atoms with E-state index in [0.29, 0.717) is 0 Å². The number of rotatable bonds is 4. The topological polar surface area (TPSA) is 43.3 Å². The Morgan fingerprint density at radius 2 is 1.91 bits per heavy atom. The second kappa shape index (κ2) is 5.89. The van der Waals surface area contributed by atoms with Crippen molar-refractivity contribution < 1.29 is 14.0 Å². The maximum absolute atomic E-state index is 13.6. The molecule has 0 aliphatic rings. The van der Waals surface area contributed by atoms with Crippen LogP contribution in [0.5, 0.6) is 0 Å². The molecule has 0 saturated heterocycles. The number of halogens is 1. The maximum Gasteiger partial charge on any atom is 0.228 e. The molecule has 0 bridgehead atoms. The van der Waals surface area contributed by atoms with Gasteiger partial charge in [0, 0.05) is 11.6 Å². The van der Waals surface area contributed by atoms with Gasteiger partial charge < -0.3 is 10.2 Å². The van der Waals surface area contributed by atoms with E-state index in [0.717, 1.165) is 16.5 Å². The van der Waals surface area contributed by atoms with Crippen LogP contribution < -0.4 is 10.2 Å². The van der Waals surface area contributed by atoms with Gasteiger partial charge in [0.1, 0.15) is 12.9 Å². The summed E-state index contributed by atoms with van der Waals surface area (Å²) < 4.78 is 15.2. The molecule has 0 unspecified atom stereocenters. The number of fused-ring (bicyclic) bond motifs is 1. The zero-order valence-corrected chi connectivity index (χ0v) is 12.0. The molecule has 0 aliphatic carbocycles. The maximum atomic E-state index is 13.6. The quantitative estimate of drug-likeness (QED) is 0.804. The second-order valence-corrected chi connectivity index (χ2v) is 4.88. The van der Waals surface area contributed by atoms with Crippen LogP contribution in [0.2, 0.25) is 0 Å². The molecule has 0 aliphatic heterocycles. The molecule has 1 N–H and O–H groups in total. The predicted molar refractivity (Wildman–Crippen MR) is 83.2 cm³/mol. The highest BCUT2D eigenvalue weighted by atomic mass is 19.1. The highest BCUT2D eigenvalue weighted by Crippen LogP contribution is 2.21. The van der Waals surface area contributed by atoms with E-state index in [-0.39, 0.29) is 18.0 Å². The lowest BCUT2D eigenvalue weighted by atomic mass is 10.1. The smallest absolute Gasteiger partial charge is 0.228 e. The largest absolute Gasteiger partial charge is 0.417 e. The minimum Gasteiger partial charge on any atom is -0.417 e. The first-order chi connectivity index (χ1) is 10.7. The second-order valence-electron chi connectivity index (χ2n) is 4.88. The molecular weight excluding hydrogens is 283 g/mol. The van der Waals surface area contributed by atoms with Crippen LogP contribution >= 0.6 is 0 Å². The molecule has 1 aromatic heterocycles. The summed E-state index contributed by atoms with van der Waals surface area (Å²) in [7, 11) is 1.57. The monoisotopic (exact) mass is 298 g/mol. The van der Waals surface area contributed by atoms with E-state index in [9.17, 15) is 9.18 Å². The van der Waals surface area contributed by atoms with E-state index in [1.54, 1.807) is 30.2 Å². The van der Waals surface area contributed by atoms with Crippen molar-refractivity contribution in [3.05, 3.63) is 66.1 Å². The van der Waals surface area contributed by atoms with E-state index in [1.807, 2.05) is 24.3 Å². The normalized spacial score (nSPS) is 10.6. The van der Waals surface area contributed by atoms with E-state index in [1.165, 1.54) is 12.1 Å². The van der Waals surface area contributed by atoms with Gasteiger partial charge >= 0.3 is 0 Å². The Balaban J connectivity index is 1.84. The Hall–Kier alpha value is -2.82. The molecule has 0 saturated carbocycles. The van der Waals surface area contributed by atoms with Crippen LogP contribution in [0.3, 0.4) is 0 Å². The lowest BCUT2D eigenvalue weighted by Crippen LogP contribution is -2.15. The molecule has 0 spiro atoms. The zero-order chi connectivity index (χ0) is 15.5. The average Bonchev–Trinajstić information content (AvgIpc) is 2.88. The minimum absolute atomic E-state index is 0.144. The molecule has 3 aromatic rings. The molecule has 4 nitrogen and oxygen atoms in total. The number of aromatic nitrogens is 1. The van der Waals surface area contributed by atoms with Crippen molar-refractivity contribution in [2.75, 3.05) is 12.4 Å². The van der Waals surface area contributed by atoms with Crippen molar-refractivity contribution in [2.24, 2.45) is 0 Å². The fraction of sp³-hybridized carbons (Fsp3) is 0.118. The number of hydrogen-bond acceptors (Lipinski definition) is 2. The summed E-state index contributed by atoms with van der Waals surface area (Å²) >= 11 is 0. The van der Waals surface area contributed by atoms with Crippen molar-refractivity contribution in [2.45, 2.75) is 6.42 Å². The molecule has 1 heterocycles. The van der Waals surface area contributed by atoms with Crippen LogP contribution in [0, 0.1) is 5.82 Å². The average molecular weight is 298 g/mol. The molecule has 112 valence electrons. The SMILES string of the molecule is COn1cc(CC(=O)Nc2ccccc2F)c2ccccc21. The van der Waals surface area contributed by atoms with Crippen molar-refractivity contribution in [3.8, 4) is 0 Å². The molecular formula is C17H15FN2O2. The fourth-order valence-electron chi connectivity index (χ4n) is 2.44. The fourth-order valence-corrected chi connectivity index (χ4v) is 2.44. The molecule has 0 radical (unpaired) electrons. The summed E-state index contributed by atoms with van der Waals surface area (Å²) in [6.07, 6.45) is 1.91. The first-order valence-corrected chi connectivity index (χ1v) is 6.87. The third-order valence-electron chi connectivity index (χ3n) is 3.46. The predicted octanol–water partition coefficient (Wildman–Crippen LogP) is 3.02. The lowest BCUT2D eigenvalue weighted by molar-refractivity contribution is -0.115. The molecule has 0 atom stereocenters. The van der Waals surface area contributed by atoms with E-state index >= 15 is 0 Å². The van der Waals surface area contributed by atoms with Crippen molar-refractivity contribution in [1.29, 1.82) is 0 Å². The first kappa shape index (κ1) is 14.1. The highest BCUT2D eigenvalue weighted by molar-refractivity contribution is 5.95. The number of nitrogens with zero attached hydrogens (tertiary/aromatic N) is 1. The molecule has 5 heteroatoms. The van der Waals surface area contributed by atoms with Gasteiger partial charge in [0.2, 0.25) is 5.91 Å². The van der Waals surface area contributed by atoms with Crippen LogP contribution in [-0.4, -0.2) is 17.7 Å². The number of carbonyl (C=O) groups excluding carboxylic acids is 1. The Morgan fingerprint density at radius 1 is 1.18 bits per heavy atom. The Morgan fingerprint density at radius 3 is 2.68 bits per heavy atom. The Bertz CT molecular complexity index is 826. The van der Waals surface area contributed by atoms with Gasteiger partial charge in [-0.3, -0.25) is 4.79 Å². The molecule has 22 heavy (non-hydrogen) atoms. The van der Waals surface area contributed by atoms with E-state index in [4.69, 9.17) is 4.84 Å². The number of nitrogens with one attached hydrogen (secondary N) is 1. The Labute approximate surface area is 127 Å². The third-order valence-corrected chi connectivity index (χ3v) is 3.46. The summed E-state index contributed by atoms with van der Waals surface area (Å²) in [5, 5.41) is 3.52. The molecule has 2 aromatic carbocycles. The number of hydrogen-bond donors (Lipinski definition) is 1. The summed E-state index contributed by atoms with van der Waals surface area (Å²) in [6.45, 7) is 0. The molecule has 0 fully saturated rings. The number of carbonyl (C=O) groups is 1. The summed E-state index contributed by atoms with van der Waals surface area (Å²) in [4.78, 5) is 17.4. The number of anilines is 1. The summed E-state index contributed by atoms with van der Waals surface area (Å²) in [5.41, 5.74) is 1.90. The van der Waals surface area contributed by atoms with Crippen molar-refractivity contribution >= 4 is 22.5 Å². The highest BCUT2D eigenvalue weighted by Gasteiger charge is 2.13. The van der Waals surface area contributed by atoms with Gasteiger partial charge in [-0.1, -0.05) is 30.3 Å². The van der Waals surface area contributed by atoms with Crippen LogP contribution in [0.1, 0.15) is 5.56 Å². The number of amides is 1. The van der Waals surface area contributed by atoms with Gasteiger partial charge in [0.05, 0.1) is 17.6 Å². The van der Waals surface area contributed by atoms with Crippen LogP contribution in [0.25, 0.3) is 10.9 Å².